The monoisotopic (exact) mass is 479 g/mol. The fraction of sp³-hybridized carbons (Fsp3) is 0.526. The number of aliphatic hydroxyl groups is 1. The Morgan fingerprint density at radius 1 is 1.24 bits per heavy atom. The zero-order valence-electron chi connectivity index (χ0n) is 16.4. The molecule has 1 unspecified atom stereocenters. The van der Waals surface area contributed by atoms with Gasteiger partial charge in [0.1, 0.15) is 0 Å². The summed E-state index contributed by atoms with van der Waals surface area (Å²) < 4.78 is 10.5. The molecule has 1 aliphatic rings. The van der Waals surface area contributed by atoms with E-state index in [0.29, 0.717) is 6.04 Å². The molecule has 0 spiro atoms. The van der Waals surface area contributed by atoms with E-state index >= 15 is 0 Å². The number of allylic oxidation sites excluding steroid dienone is 1. The van der Waals surface area contributed by atoms with Crippen molar-refractivity contribution in [1.82, 2.24) is 3.26 Å². The number of aliphatic hydroxyl groups excluding tert-OH is 1. The first-order chi connectivity index (χ1) is 10.9. The molecule has 1 aromatic carbocycles. The van der Waals surface area contributed by atoms with Crippen molar-refractivity contribution in [1.29, 1.82) is 0 Å². The van der Waals surface area contributed by atoms with Crippen LogP contribution in [0.1, 0.15) is 35.5 Å². The molecule has 2 nitrogen and oxygen atoms in total. The Labute approximate surface area is 154 Å². The quantitative estimate of drug-likeness (QED) is 0.521. The Bertz CT molecular complexity index is 859. The number of nitrogens with one attached hydrogen (secondary N) is 1. The van der Waals surface area contributed by atoms with Crippen LogP contribution in [-0.4, -0.2) is 26.7 Å². The molecule has 0 saturated heterocycles. The SMILES string of the molecule is [CH2]=[Zr]([CH3])([Cl])([Cl])([NH]C(C)(C)C)([CH]1C=Cc2ccccc21)[Si](C)(C)CCO. The molecule has 0 amide bonds. The Morgan fingerprint density at radius 3 is 2.32 bits per heavy atom. The number of hydrogen-bond acceptors (Lipinski definition) is 2. The number of halogens is 2. The molecule has 1 aromatic rings. The van der Waals surface area contributed by atoms with E-state index in [0.717, 1.165) is 11.1 Å². The molecule has 142 valence electrons. The molecule has 1 aliphatic carbocycles. The van der Waals surface area contributed by atoms with E-state index in [-0.39, 0.29) is 15.8 Å². The molecular weight excluding hydrogens is 448 g/mol. The van der Waals surface area contributed by atoms with Gasteiger partial charge in [-0.3, -0.25) is 0 Å². The van der Waals surface area contributed by atoms with Crippen molar-refractivity contribution in [3.05, 3.63) is 41.5 Å². The zero-order chi connectivity index (χ0) is 19.5. The van der Waals surface area contributed by atoms with Crippen molar-refractivity contribution >= 4 is 32.5 Å². The Hall–Kier alpha value is 0.430. The van der Waals surface area contributed by atoms with Crippen molar-refractivity contribution in [2.24, 2.45) is 0 Å². The van der Waals surface area contributed by atoms with Crippen molar-refractivity contribution in [3.8, 4) is 0 Å². The maximum absolute atomic E-state index is 9.82. The molecule has 6 heteroatoms. The second kappa shape index (κ2) is 5.07. The molecule has 0 fully saturated rings. The minimum absolute atomic E-state index is 0.0711. The van der Waals surface area contributed by atoms with Crippen molar-refractivity contribution in [2.75, 3.05) is 6.61 Å². The van der Waals surface area contributed by atoms with Gasteiger partial charge in [-0.15, -0.1) is 0 Å². The molecule has 0 saturated carbocycles. The average molecular weight is 482 g/mol. The molecule has 0 aliphatic heterocycles. The van der Waals surface area contributed by atoms with Crippen molar-refractivity contribution < 1.29 is 17.5 Å². The van der Waals surface area contributed by atoms with Crippen LogP contribution in [0.2, 0.25) is 23.8 Å². The first-order valence-electron chi connectivity index (χ1n) is 9.01. The Kier molecular flexibility index (Phi) is 4.41. The van der Waals surface area contributed by atoms with Gasteiger partial charge in [0, 0.05) is 0 Å². The van der Waals surface area contributed by atoms with Crippen molar-refractivity contribution in [2.45, 2.75) is 53.7 Å². The fourth-order valence-electron chi connectivity index (χ4n) is 4.84. The summed E-state index contributed by atoms with van der Waals surface area (Å²) >= 11 is -5.94. The summed E-state index contributed by atoms with van der Waals surface area (Å²) in [5.74, 6) is 0. The summed E-state index contributed by atoms with van der Waals surface area (Å²) in [6.07, 6.45) is 4.25. The van der Waals surface area contributed by atoms with Gasteiger partial charge in [-0.1, -0.05) is 0 Å². The summed E-state index contributed by atoms with van der Waals surface area (Å²) in [5.41, 5.74) is 1.98. The molecule has 0 bridgehead atoms. The van der Waals surface area contributed by atoms with Crippen LogP contribution >= 0.6 is 17.0 Å². The van der Waals surface area contributed by atoms with E-state index in [1.165, 1.54) is 0 Å². The molecule has 25 heavy (non-hydrogen) atoms. The first-order valence-corrected chi connectivity index (χ1v) is 29.1. The zero-order valence-corrected chi connectivity index (χ0v) is 21.3. The third-order valence-corrected chi connectivity index (χ3v) is 85.5. The average Bonchev–Trinajstić information content (AvgIpc) is 2.79. The van der Waals surface area contributed by atoms with Crippen LogP contribution in [-0.2, 0) is 12.4 Å². The Balaban J connectivity index is 2.95. The molecule has 2 N–H and O–H groups in total. The van der Waals surface area contributed by atoms with Gasteiger partial charge in [0.25, 0.3) is 0 Å². The van der Waals surface area contributed by atoms with Crippen LogP contribution in [0.15, 0.2) is 30.3 Å². The Morgan fingerprint density at radius 2 is 1.80 bits per heavy atom. The van der Waals surface area contributed by atoms with Gasteiger partial charge in [-0.25, -0.2) is 0 Å². The third-order valence-electron chi connectivity index (χ3n) is 6.83. The molecule has 1 atom stereocenters. The van der Waals surface area contributed by atoms with Crippen LogP contribution in [0.5, 0.6) is 0 Å². The van der Waals surface area contributed by atoms with E-state index in [2.05, 4.69) is 61.4 Å². The molecule has 0 radical (unpaired) electrons. The van der Waals surface area contributed by atoms with Crippen molar-refractivity contribution in [3.63, 3.8) is 0 Å². The summed E-state index contributed by atoms with van der Waals surface area (Å²) in [5, 5.41) is 7.35. The number of benzene rings is 1. The predicted octanol–water partition coefficient (Wildman–Crippen LogP) is 5.80. The van der Waals surface area contributed by atoms with Gasteiger partial charge in [0.15, 0.2) is 0 Å². The number of hydrogen-bond donors (Lipinski definition) is 2. The predicted molar refractivity (Wildman–Crippen MR) is 115 cm³/mol. The van der Waals surface area contributed by atoms with E-state index in [9.17, 15) is 5.11 Å². The molecular formula is C19H33Cl2NOSiZr. The topological polar surface area (TPSA) is 32.3 Å². The van der Waals surface area contributed by atoms with Crippen LogP contribution in [0.4, 0.5) is 0 Å². The van der Waals surface area contributed by atoms with Gasteiger partial charge < -0.3 is 0 Å². The van der Waals surface area contributed by atoms with E-state index < -0.39 is 17.6 Å². The maximum atomic E-state index is 9.82. The van der Waals surface area contributed by atoms with Crippen LogP contribution in [0.25, 0.3) is 6.08 Å². The van der Waals surface area contributed by atoms with Gasteiger partial charge in [0.05, 0.1) is 0 Å². The number of rotatable bonds is 5. The molecule has 0 heterocycles. The molecule has 2 rings (SSSR count). The second-order valence-corrected chi connectivity index (χ2v) is 76.9. The van der Waals surface area contributed by atoms with Crippen LogP contribution in [0, 0.1) is 0 Å². The standard InChI is InChI=1S/C9H7.C4H10N.C4H11OSi.CH3.CH2.2ClH.Zr/c1-2-5-9-7-3-6-8(9)4-1;1-4(2,3)5;1-6(2)4-3-5;;;;;/h1-7H;5H,1-3H3;5H,3-4H2,1-2H3;1H3;1H2;2*1H;/q;-1;;;;;;+3/p-2. The summed E-state index contributed by atoms with van der Waals surface area (Å²) in [7, 11) is 15.9. The summed E-state index contributed by atoms with van der Waals surface area (Å²) in [4.78, 5) is 0. The summed E-state index contributed by atoms with van der Waals surface area (Å²) in [6, 6.07) is 8.87. The van der Waals surface area contributed by atoms with Gasteiger partial charge in [0.2, 0.25) is 0 Å². The van der Waals surface area contributed by atoms with Crippen LogP contribution < -0.4 is 3.26 Å². The van der Waals surface area contributed by atoms with Gasteiger partial charge in [-0.05, 0) is 0 Å². The number of fused-ring (bicyclic) bond motifs is 1. The second-order valence-electron chi connectivity index (χ2n) is 10.6. The third kappa shape index (κ3) is 3.05. The van der Waals surface area contributed by atoms with Crippen LogP contribution in [0.3, 0.4) is 0 Å². The first kappa shape index (κ1) is 21.7. The van der Waals surface area contributed by atoms with Gasteiger partial charge in [-0.2, -0.15) is 0 Å². The van der Waals surface area contributed by atoms with E-state index in [4.69, 9.17) is 21.2 Å². The molecule has 0 aromatic heterocycles. The van der Waals surface area contributed by atoms with E-state index in [1.54, 1.807) is 0 Å². The van der Waals surface area contributed by atoms with E-state index in [1.807, 2.05) is 16.8 Å². The fourth-order valence-corrected chi connectivity index (χ4v) is 48.3. The summed E-state index contributed by atoms with van der Waals surface area (Å²) in [6.45, 7) is 10.7. The minimum atomic E-state index is -5.94. The van der Waals surface area contributed by atoms with Gasteiger partial charge >= 0.3 is 155 Å². The normalized spacial score (nSPS) is 22.6.